The van der Waals surface area contributed by atoms with Gasteiger partial charge in [-0.3, -0.25) is 4.79 Å². The molecule has 0 saturated carbocycles. The summed E-state index contributed by atoms with van der Waals surface area (Å²) in [6, 6.07) is 0.839. The highest BCUT2D eigenvalue weighted by molar-refractivity contribution is 8.00. The lowest BCUT2D eigenvalue weighted by atomic mass is 10.2. The van der Waals surface area contributed by atoms with E-state index in [4.69, 9.17) is 11.6 Å². The molecular formula is C12H12ClF3N2OS. The van der Waals surface area contributed by atoms with E-state index in [1.165, 1.54) is 0 Å². The second-order valence-electron chi connectivity index (χ2n) is 4.40. The van der Waals surface area contributed by atoms with E-state index >= 15 is 0 Å². The average molecular weight is 325 g/mol. The summed E-state index contributed by atoms with van der Waals surface area (Å²) in [5.74, 6) is -0.120. The number of aromatic nitrogens is 1. The van der Waals surface area contributed by atoms with Gasteiger partial charge in [0.2, 0.25) is 5.91 Å². The smallest absolute Gasteiger partial charge is 0.355 e. The van der Waals surface area contributed by atoms with Crippen molar-refractivity contribution < 1.29 is 18.0 Å². The van der Waals surface area contributed by atoms with Crippen LogP contribution >= 0.6 is 23.4 Å². The van der Waals surface area contributed by atoms with E-state index in [0.717, 1.165) is 36.9 Å². The standard InChI is InChI=1S/C12H12ClF3N2OS/c13-8-5-7(12(14,15)16)6-18-11(8)20-9-3-1-2-4-17-10(9)19/h5-6,9H,1-4H2,(H,17,19)/t9-/m0/s1. The first kappa shape index (κ1) is 15.4. The number of carbonyl (C=O) groups is 1. The van der Waals surface area contributed by atoms with Gasteiger partial charge in [0.1, 0.15) is 5.03 Å². The lowest BCUT2D eigenvalue weighted by molar-refractivity contribution is -0.137. The van der Waals surface area contributed by atoms with E-state index in [1.54, 1.807) is 0 Å². The molecule has 20 heavy (non-hydrogen) atoms. The number of hydrogen-bond donors (Lipinski definition) is 1. The second-order valence-corrected chi connectivity index (χ2v) is 6.00. The van der Waals surface area contributed by atoms with Crippen molar-refractivity contribution in [3.8, 4) is 0 Å². The topological polar surface area (TPSA) is 42.0 Å². The SMILES string of the molecule is O=C1NCCCC[C@@H]1Sc1ncc(C(F)(F)F)cc1Cl. The second kappa shape index (κ2) is 6.22. The van der Waals surface area contributed by atoms with Gasteiger partial charge < -0.3 is 5.32 Å². The highest BCUT2D eigenvalue weighted by Gasteiger charge is 2.32. The zero-order chi connectivity index (χ0) is 14.8. The highest BCUT2D eigenvalue weighted by Crippen LogP contribution is 2.36. The highest BCUT2D eigenvalue weighted by atomic mass is 35.5. The number of hydrogen-bond acceptors (Lipinski definition) is 3. The Labute approximate surface area is 123 Å². The van der Waals surface area contributed by atoms with E-state index in [2.05, 4.69) is 10.3 Å². The largest absolute Gasteiger partial charge is 0.417 e. The summed E-state index contributed by atoms with van der Waals surface area (Å²) >= 11 is 6.94. The molecule has 0 aliphatic carbocycles. The van der Waals surface area contributed by atoms with Gasteiger partial charge in [-0.2, -0.15) is 13.2 Å². The molecule has 2 heterocycles. The molecule has 1 aromatic rings. The fourth-order valence-electron chi connectivity index (χ4n) is 1.83. The Hall–Kier alpha value is -0.950. The Balaban J connectivity index is 2.15. The number of halogens is 4. The van der Waals surface area contributed by atoms with Crippen molar-refractivity contribution in [1.29, 1.82) is 0 Å². The number of nitrogens with one attached hydrogen (secondary N) is 1. The van der Waals surface area contributed by atoms with Crippen LogP contribution in [0, 0.1) is 0 Å². The summed E-state index contributed by atoms with van der Waals surface area (Å²) < 4.78 is 37.5. The van der Waals surface area contributed by atoms with E-state index in [0.29, 0.717) is 13.0 Å². The van der Waals surface area contributed by atoms with E-state index < -0.39 is 11.7 Å². The zero-order valence-corrected chi connectivity index (χ0v) is 11.9. The fraction of sp³-hybridized carbons (Fsp3) is 0.500. The van der Waals surface area contributed by atoms with Crippen molar-refractivity contribution in [3.63, 3.8) is 0 Å². The Morgan fingerprint density at radius 2 is 2.15 bits per heavy atom. The maximum absolute atomic E-state index is 12.5. The first-order chi connectivity index (χ1) is 9.38. The first-order valence-corrected chi connectivity index (χ1v) is 7.31. The van der Waals surface area contributed by atoms with Crippen LogP contribution in [-0.2, 0) is 11.0 Å². The maximum Gasteiger partial charge on any atom is 0.417 e. The zero-order valence-electron chi connectivity index (χ0n) is 10.3. The molecule has 0 unspecified atom stereocenters. The van der Waals surface area contributed by atoms with Gasteiger partial charge >= 0.3 is 6.18 Å². The van der Waals surface area contributed by atoms with Gasteiger partial charge in [0, 0.05) is 12.7 Å². The average Bonchev–Trinajstić information content (AvgIpc) is 2.56. The van der Waals surface area contributed by atoms with Crippen molar-refractivity contribution in [2.45, 2.75) is 35.7 Å². The molecule has 1 atom stereocenters. The summed E-state index contributed by atoms with van der Waals surface area (Å²) in [7, 11) is 0. The van der Waals surface area contributed by atoms with Gasteiger partial charge in [-0.25, -0.2) is 4.98 Å². The van der Waals surface area contributed by atoms with E-state index in [1.807, 2.05) is 0 Å². The Bertz CT molecular complexity index is 510. The molecule has 1 fully saturated rings. The Kier molecular flexibility index (Phi) is 4.80. The molecule has 110 valence electrons. The van der Waals surface area contributed by atoms with Crippen LogP contribution in [0.15, 0.2) is 17.3 Å². The summed E-state index contributed by atoms with van der Waals surface area (Å²) in [4.78, 5) is 15.5. The fourth-order valence-corrected chi connectivity index (χ4v) is 3.15. The van der Waals surface area contributed by atoms with Crippen LogP contribution in [0.2, 0.25) is 5.02 Å². The third-order valence-corrected chi connectivity index (χ3v) is 4.56. The molecule has 0 radical (unpaired) electrons. The molecule has 0 spiro atoms. The molecular weight excluding hydrogens is 313 g/mol. The van der Waals surface area contributed by atoms with Crippen molar-refractivity contribution >= 4 is 29.3 Å². The van der Waals surface area contributed by atoms with Gasteiger partial charge in [0.15, 0.2) is 0 Å². The molecule has 1 aliphatic heterocycles. The number of thioether (sulfide) groups is 1. The summed E-state index contributed by atoms with van der Waals surface area (Å²) in [6.45, 7) is 0.629. The summed E-state index contributed by atoms with van der Waals surface area (Å²) in [6.07, 6.45) is -1.29. The third kappa shape index (κ3) is 3.79. The first-order valence-electron chi connectivity index (χ1n) is 6.05. The van der Waals surface area contributed by atoms with Gasteiger partial charge in [0.05, 0.1) is 15.8 Å². The molecule has 1 aliphatic rings. The van der Waals surface area contributed by atoms with Gasteiger partial charge in [0.25, 0.3) is 0 Å². The molecule has 3 nitrogen and oxygen atoms in total. The minimum Gasteiger partial charge on any atom is -0.355 e. The van der Waals surface area contributed by atoms with Crippen LogP contribution in [0.5, 0.6) is 0 Å². The van der Waals surface area contributed by atoms with Gasteiger partial charge in [-0.15, -0.1) is 0 Å². The molecule has 1 saturated heterocycles. The van der Waals surface area contributed by atoms with E-state index in [-0.39, 0.29) is 21.2 Å². The number of rotatable bonds is 2. The lowest BCUT2D eigenvalue weighted by Gasteiger charge is -2.14. The van der Waals surface area contributed by atoms with Crippen LogP contribution in [0.4, 0.5) is 13.2 Å². The van der Waals surface area contributed by atoms with Crippen molar-refractivity contribution in [2.75, 3.05) is 6.54 Å². The molecule has 1 aromatic heterocycles. The molecule has 1 amide bonds. The van der Waals surface area contributed by atoms with Crippen molar-refractivity contribution in [2.24, 2.45) is 0 Å². The van der Waals surface area contributed by atoms with Crippen LogP contribution < -0.4 is 5.32 Å². The van der Waals surface area contributed by atoms with Crippen LogP contribution in [0.25, 0.3) is 0 Å². The van der Waals surface area contributed by atoms with Crippen molar-refractivity contribution in [1.82, 2.24) is 10.3 Å². The Morgan fingerprint density at radius 1 is 1.40 bits per heavy atom. The Morgan fingerprint density at radius 3 is 2.80 bits per heavy atom. The van der Waals surface area contributed by atoms with Gasteiger partial charge in [-0.05, 0) is 18.9 Å². The third-order valence-electron chi connectivity index (χ3n) is 2.87. The van der Waals surface area contributed by atoms with Crippen LogP contribution in [-0.4, -0.2) is 22.7 Å². The predicted octanol–water partition coefficient (Wildman–Crippen LogP) is 3.51. The molecule has 1 N–H and O–H groups in total. The number of amides is 1. The number of nitrogens with zero attached hydrogens (tertiary/aromatic N) is 1. The predicted molar refractivity (Wildman–Crippen MR) is 70.8 cm³/mol. The molecule has 8 heteroatoms. The minimum atomic E-state index is -4.47. The van der Waals surface area contributed by atoms with Crippen LogP contribution in [0.3, 0.4) is 0 Å². The molecule has 2 rings (SSSR count). The number of alkyl halides is 3. The monoisotopic (exact) mass is 324 g/mol. The molecule has 0 aromatic carbocycles. The molecule has 0 bridgehead atoms. The van der Waals surface area contributed by atoms with E-state index in [9.17, 15) is 18.0 Å². The quantitative estimate of drug-likeness (QED) is 0.905. The lowest BCUT2D eigenvalue weighted by Crippen LogP contribution is -2.30. The van der Waals surface area contributed by atoms with Crippen molar-refractivity contribution in [3.05, 3.63) is 22.8 Å². The normalized spacial score (nSPS) is 20.4. The maximum atomic E-state index is 12.5. The van der Waals surface area contributed by atoms with Crippen LogP contribution in [0.1, 0.15) is 24.8 Å². The number of carbonyl (C=O) groups excluding carboxylic acids is 1. The number of pyridine rings is 1. The minimum absolute atomic E-state index is 0.0816. The summed E-state index contributed by atoms with van der Waals surface area (Å²) in [5.41, 5.74) is -0.892. The van der Waals surface area contributed by atoms with Gasteiger partial charge in [-0.1, -0.05) is 29.8 Å². The summed E-state index contributed by atoms with van der Waals surface area (Å²) in [5, 5.41) is 2.57.